The summed E-state index contributed by atoms with van der Waals surface area (Å²) in [5.41, 5.74) is 5.61. The van der Waals surface area contributed by atoms with Crippen LogP contribution in [0.2, 0.25) is 0 Å². The average molecular weight is 263 g/mol. The predicted octanol–water partition coefficient (Wildman–Crippen LogP) is -1.51. The monoisotopic (exact) mass is 263 g/mol. The molecule has 18 heavy (non-hydrogen) atoms. The van der Waals surface area contributed by atoms with Gasteiger partial charge >= 0.3 is 5.97 Å². The lowest BCUT2D eigenvalue weighted by molar-refractivity contribution is -0.259. The third kappa shape index (κ3) is 3.63. The van der Waals surface area contributed by atoms with E-state index in [0.717, 1.165) is 6.42 Å². The van der Waals surface area contributed by atoms with Crippen molar-refractivity contribution in [2.24, 2.45) is 5.73 Å². The minimum atomic E-state index is -1.31. The lowest BCUT2D eigenvalue weighted by atomic mass is 9.98. The van der Waals surface area contributed by atoms with Gasteiger partial charge in [-0.3, -0.25) is 4.79 Å². The average Bonchev–Trinajstić information content (AvgIpc) is 2.37. The molecule has 1 unspecified atom stereocenters. The zero-order valence-electron chi connectivity index (χ0n) is 10.4. The second-order valence-corrected chi connectivity index (χ2v) is 4.38. The number of ether oxygens (including phenoxy) is 2. The van der Waals surface area contributed by atoms with Crippen molar-refractivity contribution < 1.29 is 29.6 Å². The van der Waals surface area contributed by atoms with E-state index in [0.29, 0.717) is 6.42 Å². The van der Waals surface area contributed by atoms with Crippen molar-refractivity contribution in [2.75, 3.05) is 6.61 Å². The summed E-state index contributed by atoms with van der Waals surface area (Å²) in [5, 5.41) is 28.2. The van der Waals surface area contributed by atoms with Crippen molar-refractivity contribution >= 4 is 5.97 Å². The molecule has 5 atom stereocenters. The number of hydrogen-bond donors (Lipinski definition) is 4. The molecule has 7 nitrogen and oxygen atoms in total. The summed E-state index contributed by atoms with van der Waals surface area (Å²) in [6.45, 7) is 1.45. The molecule has 0 spiro atoms. The summed E-state index contributed by atoms with van der Waals surface area (Å²) in [6.07, 6.45) is -2.97. The number of nitrogens with two attached hydrogens (primary N) is 1. The van der Waals surface area contributed by atoms with Crippen LogP contribution in [0.25, 0.3) is 0 Å². The molecule has 0 radical (unpaired) electrons. The van der Waals surface area contributed by atoms with E-state index in [2.05, 4.69) is 0 Å². The zero-order chi connectivity index (χ0) is 13.7. The van der Waals surface area contributed by atoms with Crippen LogP contribution in [0.15, 0.2) is 0 Å². The van der Waals surface area contributed by atoms with Crippen molar-refractivity contribution in [1.29, 1.82) is 0 Å². The fourth-order valence-corrected chi connectivity index (χ4v) is 1.72. The van der Waals surface area contributed by atoms with E-state index < -0.39 is 43.2 Å². The summed E-state index contributed by atoms with van der Waals surface area (Å²) < 4.78 is 10.1. The smallest absolute Gasteiger partial charge is 0.308 e. The van der Waals surface area contributed by atoms with Crippen LogP contribution in [0, 0.1) is 0 Å². The van der Waals surface area contributed by atoms with Gasteiger partial charge in [0, 0.05) is 6.42 Å². The van der Waals surface area contributed by atoms with Crippen molar-refractivity contribution in [3.05, 3.63) is 0 Å². The first-order valence-electron chi connectivity index (χ1n) is 6.08. The minimum Gasteiger partial charge on any atom is -0.434 e. The summed E-state index contributed by atoms with van der Waals surface area (Å²) in [6, 6.07) is -1.03. The van der Waals surface area contributed by atoms with Crippen molar-refractivity contribution in [3.8, 4) is 0 Å². The first kappa shape index (κ1) is 15.3. The number of aliphatic hydroxyl groups is 3. The van der Waals surface area contributed by atoms with Crippen LogP contribution < -0.4 is 5.73 Å². The van der Waals surface area contributed by atoms with Crippen LogP contribution in [0.1, 0.15) is 26.2 Å². The highest BCUT2D eigenvalue weighted by molar-refractivity contribution is 5.69. The second-order valence-electron chi connectivity index (χ2n) is 4.38. The number of hydrogen-bond acceptors (Lipinski definition) is 7. The van der Waals surface area contributed by atoms with Crippen LogP contribution in [0.5, 0.6) is 0 Å². The zero-order valence-corrected chi connectivity index (χ0v) is 10.4. The number of carbonyl (C=O) groups excluding carboxylic acids is 1. The lowest BCUT2D eigenvalue weighted by Crippen LogP contribution is -2.62. The Kier molecular flexibility index (Phi) is 5.97. The highest BCUT2D eigenvalue weighted by Crippen LogP contribution is 2.21. The van der Waals surface area contributed by atoms with E-state index >= 15 is 0 Å². The fourth-order valence-electron chi connectivity index (χ4n) is 1.72. The van der Waals surface area contributed by atoms with E-state index in [-0.39, 0.29) is 6.42 Å². The summed E-state index contributed by atoms with van der Waals surface area (Å²) in [4.78, 5) is 11.4. The third-order valence-corrected chi connectivity index (χ3v) is 2.91. The van der Waals surface area contributed by atoms with Gasteiger partial charge in [0.1, 0.15) is 18.3 Å². The Bertz CT molecular complexity index is 272. The molecular formula is C11H21NO6. The predicted molar refractivity (Wildman–Crippen MR) is 61.4 cm³/mol. The number of rotatable bonds is 5. The van der Waals surface area contributed by atoms with Gasteiger partial charge in [-0.25, -0.2) is 0 Å². The number of esters is 1. The summed E-state index contributed by atoms with van der Waals surface area (Å²) in [7, 11) is 0. The van der Waals surface area contributed by atoms with Crippen LogP contribution in [0.4, 0.5) is 0 Å². The molecule has 1 aliphatic heterocycles. The second kappa shape index (κ2) is 7.01. The molecule has 106 valence electrons. The largest absolute Gasteiger partial charge is 0.434 e. The number of aliphatic hydroxyl groups excluding tert-OH is 3. The first-order valence-corrected chi connectivity index (χ1v) is 6.08. The maximum absolute atomic E-state index is 11.4. The third-order valence-electron chi connectivity index (χ3n) is 2.91. The van der Waals surface area contributed by atoms with Gasteiger partial charge in [0.25, 0.3) is 0 Å². The van der Waals surface area contributed by atoms with Crippen LogP contribution in [-0.4, -0.2) is 58.5 Å². The van der Waals surface area contributed by atoms with Crippen LogP contribution in [-0.2, 0) is 14.3 Å². The highest BCUT2D eigenvalue weighted by Gasteiger charge is 2.44. The topological polar surface area (TPSA) is 122 Å². The molecule has 0 aromatic rings. The van der Waals surface area contributed by atoms with Crippen LogP contribution >= 0.6 is 0 Å². The maximum atomic E-state index is 11.4. The normalized spacial score (nSPS) is 36.4. The Balaban J connectivity index is 2.56. The van der Waals surface area contributed by atoms with Gasteiger partial charge < -0.3 is 30.5 Å². The Labute approximate surface area is 105 Å². The summed E-state index contributed by atoms with van der Waals surface area (Å²) >= 11 is 0. The SMILES string of the molecule is CCCCC(=O)OC1O[C@H](CO)[C@@H](O)[C@H](O)[C@@H]1N. The molecule has 0 aromatic carbocycles. The molecule has 5 N–H and O–H groups in total. The minimum absolute atomic E-state index is 0.242. The van der Waals surface area contributed by atoms with Gasteiger partial charge in [-0.05, 0) is 6.42 Å². The van der Waals surface area contributed by atoms with Gasteiger partial charge in [-0.1, -0.05) is 13.3 Å². The molecule has 1 fully saturated rings. The standard InChI is InChI=1S/C11H21NO6/c1-2-3-4-7(14)18-11-8(12)10(16)9(15)6(5-13)17-11/h6,8-11,13,15-16H,2-5,12H2,1H3/t6-,8+,9-,10-,11?/m1/s1. The van der Waals surface area contributed by atoms with Gasteiger partial charge in [0.15, 0.2) is 0 Å². The lowest BCUT2D eigenvalue weighted by Gasteiger charge is -2.39. The van der Waals surface area contributed by atoms with Crippen molar-refractivity contribution in [2.45, 2.75) is 56.8 Å². The van der Waals surface area contributed by atoms with Crippen molar-refractivity contribution in [3.63, 3.8) is 0 Å². The van der Waals surface area contributed by atoms with E-state index in [1.807, 2.05) is 6.92 Å². The van der Waals surface area contributed by atoms with Crippen LogP contribution in [0.3, 0.4) is 0 Å². The van der Waals surface area contributed by atoms with E-state index in [4.69, 9.17) is 20.3 Å². The Hall–Kier alpha value is -0.730. The highest BCUT2D eigenvalue weighted by atomic mass is 16.7. The first-order chi connectivity index (χ1) is 8.51. The molecule has 7 heteroatoms. The van der Waals surface area contributed by atoms with Gasteiger partial charge in [-0.15, -0.1) is 0 Å². The fraction of sp³-hybridized carbons (Fsp3) is 0.909. The molecule has 0 aromatic heterocycles. The Morgan fingerprint density at radius 1 is 1.39 bits per heavy atom. The molecule has 0 aliphatic carbocycles. The quantitative estimate of drug-likeness (QED) is 0.444. The molecule has 1 saturated heterocycles. The molecule has 0 bridgehead atoms. The molecule has 1 rings (SSSR count). The van der Waals surface area contributed by atoms with E-state index in [1.165, 1.54) is 0 Å². The molecule has 1 heterocycles. The molecule has 0 saturated carbocycles. The van der Waals surface area contributed by atoms with Crippen molar-refractivity contribution in [1.82, 2.24) is 0 Å². The van der Waals surface area contributed by atoms with Gasteiger partial charge in [0.05, 0.1) is 12.6 Å². The number of carbonyl (C=O) groups is 1. The Morgan fingerprint density at radius 3 is 2.61 bits per heavy atom. The molecule has 0 amide bonds. The van der Waals surface area contributed by atoms with Gasteiger partial charge in [0.2, 0.25) is 6.29 Å². The van der Waals surface area contributed by atoms with E-state index in [9.17, 15) is 15.0 Å². The van der Waals surface area contributed by atoms with Gasteiger partial charge in [-0.2, -0.15) is 0 Å². The molecule has 1 aliphatic rings. The Morgan fingerprint density at radius 2 is 2.06 bits per heavy atom. The maximum Gasteiger partial charge on any atom is 0.308 e. The molecular weight excluding hydrogens is 242 g/mol. The van der Waals surface area contributed by atoms with E-state index in [1.54, 1.807) is 0 Å². The summed E-state index contributed by atoms with van der Waals surface area (Å²) in [5.74, 6) is -0.474. The number of unbranched alkanes of at least 4 members (excludes halogenated alkanes) is 1.